The Morgan fingerprint density at radius 3 is 2.33 bits per heavy atom. The van der Waals surface area contributed by atoms with Crippen LogP contribution < -0.4 is 9.47 Å². The predicted octanol–water partition coefficient (Wildman–Crippen LogP) is -0.233. The minimum atomic E-state index is -3.87. The van der Waals surface area contributed by atoms with E-state index >= 15 is 0 Å². The molecule has 0 aliphatic carbocycles. The lowest BCUT2D eigenvalue weighted by Gasteiger charge is -2.34. The molecule has 21 heavy (non-hydrogen) atoms. The molecule has 0 saturated carbocycles. The smallest absolute Gasteiger partial charge is 0.339 e. The van der Waals surface area contributed by atoms with Gasteiger partial charge < -0.3 is 19.7 Å². The van der Waals surface area contributed by atoms with E-state index in [1.165, 1.54) is 20.3 Å². The standard InChI is InChI=1S/C12H15NO7S/c1-19-10-4-8(3-9(12(15)16)11(10)20-2)21(17,18)13-5-7(14)6-13/h3-4,7,14H,5-6H2,1-2H3,(H,15,16). The molecule has 1 saturated heterocycles. The number of nitrogens with zero attached hydrogens (tertiary/aromatic N) is 1. The van der Waals surface area contributed by atoms with Crippen LogP contribution in [0.1, 0.15) is 10.4 Å². The lowest BCUT2D eigenvalue weighted by molar-refractivity contribution is 0.0547. The molecule has 8 nitrogen and oxygen atoms in total. The molecule has 1 aliphatic rings. The number of ether oxygens (including phenoxy) is 2. The first-order valence-electron chi connectivity index (χ1n) is 5.98. The van der Waals surface area contributed by atoms with Crippen molar-refractivity contribution in [2.24, 2.45) is 0 Å². The van der Waals surface area contributed by atoms with Crippen LogP contribution in [0.25, 0.3) is 0 Å². The Kier molecular flexibility index (Phi) is 4.08. The number of hydrogen-bond donors (Lipinski definition) is 2. The maximum atomic E-state index is 12.3. The quantitative estimate of drug-likeness (QED) is 0.771. The van der Waals surface area contributed by atoms with Gasteiger partial charge in [-0.3, -0.25) is 0 Å². The summed E-state index contributed by atoms with van der Waals surface area (Å²) in [5, 5.41) is 18.4. The van der Waals surface area contributed by atoms with E-state index in [0.29, 0.717) is 0 Å². The zero-order valence-electron chi connectivity index (χ0n) is 11.4. The number of aliphatic hydroxyl groups excluding tert-OH is 1. The number of rotatable bonds is 5. The summed E-state index contributed by atoms with van der Waals surface area (Å²) in [4.78, 5) is 11.0. The van der Waals surface area contributed by atoms with Crippen molar-refractivity contribution in [2.45, 2.75) is 11.0 Å². The second kappa shape index (κ2) is 5.51. The molecule has 1 fully saturated rings. The van der Waals surface area contributed by atoms with Gasteiger partial charge in [-0.25, -0.2) is 13.2 Å². The van der Waals surface area contributed by atoms with Gasteiger partial charge in [0.15, 0.2) is 11.5 Å². The number of hydrogen-bond acceptors (Lipinski definition) is 6. The monoisotopic (exact) mass is 317 g/mol. The minimum absolute atomic E-state index is 0.0112. The summed E-state index contributed by atoms with van der Waals surface area (Å²) >= 11 is 0. The van der Waals surface area contributed by atoms with Crippen molar-refractivity contribution in [3.8, 4) is 11.5 Å². The van der Waals surface area contributed by atoms with Gasteiger partial charge in [0.05, 0.1) is 25.2 Å². The van der Waals surface area contributed by atoms with Crippen LogP contribution in [0.4, 0.5) is 0 Å². The molecule has 0 amide bonds. The second-order valence-corrected chi connectivity index (χ2v) is 6.43. The van der Waals surface area contributed by atoms with Gasteiger partial charge in [-0.2, -0.15) is 4.31 Å². The summed E-state index contributed by atoms with van der Waals surface area (Å²) < 4.78 is 35.7. The summed E-state index contributed by atoms with van der Waals surface area (Å²) in [6.45, 7) is -0.0296. The molecule has 0 bridgehead atoms. The highest BCUT2D eigenvalue weighted by atomic mass is 32.2. The van der Waals surface area contributed by atoms with Crippen molar-refractivity contribution in [1.82, 2.24) is 4.31 Å². The fourth-order valence-electron chi connectivity index (χ4n) is 2.01. The Hall–Kier alpha value is -1.84. The maximum absolute atomic E-state index is 12.3. The molecule has 2 rings (SSSR count). The van der Waals surface area contributed by atoms with Crippen LogP contribution in [0, 0.1) is 0 Å². The summed E-state index contributed by atoms with van der Waals surface area (Å²) in [7, 11) is -1.32. The second-order valence-electron chi connectivity index (χ2n) is 4.49. The van der Waals surface area contributed by atoms with E-state index in [9.17, 15) is 23.4 Å². The highest BCUT2D eigenvalue weighted by Crippen LogP contribution is 2.35. The Morgan fingerprint density at radius 2 is 1.90 bits per heavy atom. The first-order chi connectivity index (χ1) is 9.81. The number of methoxy groups -OCH3 is 2. The molecule has 116 valence electrons. The Labute approximate surface area is 121 Å². The SMILES string of the molecule is COc1cc(S(=O)(=O)N2CC(O)C2)cc(C(=O)O)c1OC. The summed E-state index contributed by atoms with van der Waals surface area (Å²) in [6, 6.07) is 2.22. The topological polar surface area (TPSA) is 113 Å². The van der Waals surface area contributed by atoms with Crippen LogP contribution in [-0.2, 0) is 10.0 Å². The molecular formula is C12H15NO7S. The molecule has 0 atom stereocenters. The van der Waals surface area contributed by atoms with E-state index in [0.717, 1.165) is 10.4 Å². The lowest BCUT2D eigenvalue weighted by Crippen LogP contribution is -2.53. The fourth-order valence-corrected chi connectivity index (χ4v) is 3.57. The average molecular weight is 317 g/mol. The van der Waals surface area contributed by atoms with Gasteiger partial charge in [0.1, 0.15) is 5.56 Å². The Bertz CT molecular complexity index is 664. The summed E-state index contributed by atoms with van der Waals surface area (Å²) in [6.07, 6.45) is -0.695. The molecule has 0 spiro atoms. The third kappa shape index (κ3) is 2.67. The first kappa shape index (κ1) is 15.5. The molecule has 0 unspecified atom stereocenters. The zero-order chi connectivity index (χ0) is 15.8. The summed E-state index contributed by atoms with van der Waals surface area (Å²) in [5.41, 5.74) is -0.309. The van der Waals surface area contributed by atoms with Gasteiger partial charge in [0.25, 0.3) is 0 Å². The van der Waals surface area contributed by atoms with Gasteiger partial charge in [-0.15, -0.1) is 0 Å². The molecular weight excluding hydrogens is 302 g/mol. The average Bonchev–Trinajstić information content (AvgIpc) is 2.41. The van der Waals surface area contributed by atoms with Crippen molar-refractivity contribution < 1.29 is 32.9 Å². The number of carbonyl (C=O) groups is 1. The number of carboxylic acids is 1. The van der Waals surface area contributed by atoms with Gasteiger partial charge in [-0.1, -0.05) is 0 Å². The van der Waals surface area contributed by atoms with E-state index in [1.54, 1.807) is 0 Å². The molecule has 9 heteroatoms. The maximum Gasteiger partial charge on any atom is 0.339 e. The molecule has 1 aliphatic heterocycles. The molecule has 0 radical (unpaired) electrons. The number of aliphatic hydroxyl groups is 1. The van der Waals surface area contributed by atoms with Crippen LogP contribution in [0.5, 0.6) is 11.5 Å². The third-order valence-corrected chi connectivity index (χ3v) is 4.96. The van der Waals surface area contributed by atoms with Crippen molar-refractivity contribution >= 4 is 16.0 Å². The number of aromatic carboxylic acids is 1. The van der Waals surface area contributed by atoms with Gasteiger partial charge in [0.2, 0.25) is 10.0 Å². The van der Waals surface area contributed by atoms with Crippen LogP contribution >= 0.6 is 0 Å². The van der Waals surface area contributed by atoms with Crippen LogP contribution in [0.3, 0.4) is 0 Å². The molecule has 0 aromatic heterocycles. The van der Waals surface area contributed by atoms with Crippen molar-refractivity contribution in [1.29, 1.82) is 0 Å². The van der Waals surface area contributed by atoms with Gasteiger partial charge in [0, 0.05) is 19.2 Å². The highest BCUT2D eigenvalue weighted by molar-refractivity contribution is 7.89. The number of carboxylic acid groups (broad SMARTS) is 1. The number of sulfonamides is 1. The third-order valence-electron chi connectivity index (χ3n) is 3.15. The number of β-amino-alcohol motifs (C(OH)–C–C–N with tert-alkyl or cyclic N) is 1. The Morgan fingerprint density at radius 1 is 1.29 bits per heavy atom. The van der Waals surface area contributed by atoms with Crippen LogP contribution in [-0.4, -0.2) is 62.3 Å². The Balaban J connectivity index is 2.55. The predicted molar refractivity (Wildman–Crippen MR) is 71.3 cm³/mol. The van der Waals surface area contributed by atoms with Gasteiger partial charge >= 0.3 is 5.97 Å². The summed E-state index contributed by atoms with van der Waals surface area (Å²) in [5.74, 6) is -1.37. The van der Waals surface area contributed by atoms with Gasteiger partial charge in [-0.05, 0) is 6.07 Å². The van der Waals surface area contributed by atoms with Crippen molar-refractivity contribution in [2.75, 3.05) is 27.3 Å². The van der Waals surface area contributed by atoms with E-state index in [4.69, 9.17) is 9.47 Å². The molecule has 2 N–H and O–H groups in total. The largest absolute Gasteiger partial charge is 0.493 e. The molecule has 1 heterocycles. The molecule has 1 aromatic carbocycles. The first-order valence-corrected chi connectivity index (χ1v) is 7.42. The van der Waals surface area contributed by atoms with E-state index in [1.807, 2.05) is 0 Å². The zero-order valence-corrected chi connectivity index (χ0v) is 12.3. The van der Waals surface area contributed by atoms with E-state index < -0.39 is 22.1 Å². The highest BCUT2D eigenvalue weighted by Gasteiger charge is 2.36. The van der Waals surface area contributed by atoms with E-state index in [2.05, 4.69) is 0 Å². The normalized spacial score (nSPS) is 16.3. The fraction of sp³-hybridized carbons (Fsp3) is 0.417. The van der Waals surface area contributed by atoms with Crippen molar-refractivity contribution in [3.63, 3.8) is 0 Å². The lowest BCUT2D eigenvalue weighted by atomic mass is 10.2. The van der Waals surface area contributed by atoms with Crippen molar-refractivity contribution in [3.05, 3.63) is 17.7 Å². The van der Waals surface area contributed by atoms with E-state index in [-0.39, 0.29) is 35.0 Å². The number of benzene rings is 1. The van der Waals surface area contributed by atoms with Crippen LogP contribution in [0.15, 0.2) is 17.0 Å². The molecule has 1 aromatic rings. The minimum Gasteiger partial charge on any atom is -0.493 e. The van der Waals surface area contributed by atoms with Crippen LogP contribution in [0.2, 0.25) is 0 Å².